The normalized spacial score (nSPS) is 11.1. The van der Waals surface area contributed by atoms with E-state index in [0.29, 0.717) is 0 Å². The molecule has 0 aliphatic carbocycles. The molecule has 193 valence electrons. The fourth-order valence-corrected chi connectivity index (χ4v) is 10.1. The first-order chi connectivity index (χ1) is 18.9. The van der Waals surface area contributed by atoms with E-state index in [-0.39, 0.29) is 41.4 Å². The molecular formula is C36H27BrNPSb. The number of rotatable bonds is 5. The van der Waals surface area contributed by atoms with Crippen LogP contribution in [0.5, 0.6) is 0 Å². The minimum atomic E-state index is -2.16. The van der Waals surface area contributed by atoms with E-state index in [9.17, 15) is 0 Å². The second-order valence-corrected chi connectivity index (χ2v) is 13.0. The number of hydrogen-bond donors (Lipinski definition) is 0. The van der Waals surface area contributed by atoms with E-state index in [1.165, 1.54) is 48.7 Å². The van der Waals surface area contributed by atoms with Crippen molar-refractivity contribution in [3.05, 3.63) is 164 Å². The first kappa shape index (κ1) is 28.4. The molecule has 0 aliphatic rings. The Morgan fingerprint density at radius 1 is 0.375 bits per heavy atom. The molecule has 0 saturated carbocycles. The van der Waals surface area contributed by atoms with Crippen molar-refractivity contribution in [2.75, 3.05) is 0 Å². The molecule has 0 bridgehead atoms. The van der Waals surface area contributed by atoms with E-state index in [0.717, 1.165) is 0 Å². The van der Waals surface area contributed by atoms with Gasteiger partial charge in [0.2, 0.25) is 0 Å². The quantitative estimate of drug-likeness (QED) is 0.189. The standard InChI is InChI=1S/C36H27NP.BrH.Sb/c1-5-15-28(16-6-1)37-35-24-14-13-23-33(35)34-27-32(25-26-36(34)37)38(29-17-7-2-8-18-29,30-19-9-3-10-20-30)31-21-11-4-12-22-31;;/h1-27H;1H;/q+1;;/p-1. The molecule has 1 heterocycles. The van der Waals surface area contributed by atoms with Crippen LogP contribution < -0.4 is 38.2 Å². The Morgan fingerprint density at radius 3 is 1.32 bits per heavy atom. The Bertz CT molecular complexity index is 1760. The molecule has 3 radical (unpaired) electrons. The molecule has 6 aromatic carbocycles. The van der Waals surface area contributed by atoms with E-state index in [2.05, 4.69) is 168 Å². The third-order valence-electron chi connectivity index (χ3n) is 7.49. The minimum Gasteiger partial charge on any atom is -1.00 e. The molecule has 40 heavy (non-hydrogen) atoms. The van der Waals surface area contributed by atoms with Gasteiger partial charge in [0.15, 0.2) is 0 Å². The van der Waals surface area contributed by atoms with Crippen molar-refractivity contribution in [3.8, 4) is 5.69 Å². The van der Waals surface area contributed by atoms with Gasteiger partial charge in [-0.05, 0) is 72.8 Å². The van der Waals surface area contributed by atoms with Gasteiger partial charge in [0, 0.05) is 40.9 Å². The topological polar surface area (TPSA) is 4.93 Å². The third kappa shape index (κ3) is 4.63. The van der Waals surface area contributed by atoms with Gasteiger partial charge in [-0.1, -0.05) is 91.0 Å². The van der Waals surface area contributed by atoms with Crippen LogP contribution >= 0.6 is 7.26 Å². The van der Waals surface area contributed by atoms with Crippen molar-refractivity contribution in [3.63, 3.8) is 0 Å². The molecule has 0 saturated heterocycles. The van der Waals surface area contributed by atoms with Crippen molar-refractivity contribution in [2.24, 2.45) is 0 Å². The Labute approximate surface area is 264 Å². The van der Waals surface area contributed by atoms with Gasteiger partial charge in [-0.2, -0.15) is 0 Å². The number of benzene rings is 6. The summed E-state index contributed by atoms with van der Waals surface area (Å²) in [7, 11) is -2.16. The minimum absolute atomic E-state index is 0. The monoisotopic (exact) mass is 704 g/mol. The van der Waals surface area contributed by atoms with Gasteiger partial charge in [0.25, 0.3) is 0 Å². The van der Waals surface area contributed by atoms with Crippen molar-refractivity contribution < 1.29 is 17.0 Å². The summed E-state index contributed by atoms with van der Waals surface area (Å²) in [6.07, 6.45) is 0. The summed E-state index contributed by atoms with van der Waals surface area (Å²) >= 11 is 0. The smallest absolute Gasteiger partial charge is 0.144 e. The number of fused-ring (bicyclic) bond motifs is 3. The van der Waals surface area contributed by atoms with Crippen LogP contribution in [-0.4, -0.2) is 29.0 Å². The van der Waals surface area contributed by atoms with Gasteiger partial charge in [-0.3, -0.25) is 0 Å². The molecule has 1 nitrogen and oxygen atoms in total. The zero-order chi connectivity index (χ0) is 25.4. The number of hydrogen-bond acceptors (Lipinski definition) is 0. The summed E-state index contributed by atoms with van der Waals surface area (Å²) in [4.78, 5) is 0. The van der Waals surface area contributed by atoms with E-state index >= 15 is 0 Å². The molecule has 0 atom stereocenters. The van der Waals surface area contributed by atoms with Crippen LogP contribution in [0.1, 0.15) is 0 Å². The Morgan fingerprint density at radius 2 is 0.800 bits per heavy atom. The van der Waals surface area contributed by atoms with Gasteiger partial charge in [-0.15, -0.1) is 0 Å². The van der Waals surface area contributed by atoms with Crippen molar-refractivity contribution in [1.82, 2.24) is 4.57 Å². The Balaban J connectivity index is 0.00000161. The molecule has 0 N–H and O–H groups in total. The van der Waals surface area contributed by atoms with Crippen LogP contribution in [0.2, 0.25) is 0 Å². The number of aromatic nitrogens is 1. The zero-order valence-electron chi connectivity index (χ0n) is 21.8. The maximum absolute atomic E-state index is 2.47. The summed E-state index contributed by atoms with van der Waals surface area (Å²) < 4.78 is 2.39. The van der Waals surface area contributed by atoms with Crippen LogP contribution in [0, 0.1) is 0 Å². The average Bonchev–Trinajstić information content (AvgIpc) is 3.34. The molecule has 7 aromatic rings. The van der Waals surface area contributed by atoms with E-state index < -0.39 is 7.26 Å². The van der Waals surface area contributed by atoms with Crippen molar-refractivity contribution in [1.29, 1.82) is 0 Å². The van der Waals surface area contributed by atoms with Crippen LogP contribution in [0.15, 0.2) is 164 Å². The SMILES string of the molecule is [Br-].[Sb].c1ccc(-n2c3ccccc3c3cc([P+](c4ccccc4)(c4ccccc4)c4ccccc4)ccc32)cc1. The summed E-state index contributed by atoms with van der Waals surface area (Å²) in [6.45, 7) is 0. The molecular weight excluding hydrogens is 679 g/mol. The summed E-state index contributed by atoms with van der Waals surface area (Å²) in [5.74, 6) is 0. The maximum Gasteiger partial charge on any atom is 0.144 e. The maximum atomic E-state index is 2.47. The molecule has 1 aromatic heterocycles. The van der Waals surface area contributed by atoms with Crippen LogP contribution in [-0.2, 0) is 0 Å². The Hall–Kier alpha value is -3.15. The first-order valence-electron chi connectivity index (χ1n) is 13.0. The van der Waals surface area contributed by atoms with Gasteiger partial charge in [-0.25, -0.2) is 0 Å². The largest absolute Gasteiger partial charge is 1.00 e. The van der Waals surface area contributed by atoms with E-state index in [4.69, 9.17) is 0 Å². The predicted molar refractivity (Wildman–Crippen MR) is 171 cm³/mol. The molecule has 0 unspecified atom stereocenters. The molecule has 0 fully saturated rings. The molecule has 0 spiro atoms. The third-order valence-corrected chi connectivity index (χ3v) is 11.8. The van der Waals surface area contributed by atoms with E-state index in [1.807, 2.05) is 0 Å². The van der Waals surface area contributed by atoms with Crippen LogP contribution in [0.3, 0.4) is 0 Å². The van der Waals surface area contributed by atoms with Gasteiger partial charge < -0.3 is 21.5 Å². The zero-order valence-corrected chi connectivity index (χ0v) is 26.8. The molecule has 0 amide bonds. The fourth-order valence-electron chi connectivity index (χ4n) is 5.87. The van der Waals surface area contributed by atoms with Crippen LogP contribution in [0.25, 0.3) is 27.5 Å². The summed E-state index contributed by atoms with van der Waals surface area (Å²) in [6, 6.07) is 59.9. The number of para-hydroxylation sites is 2. The molecule has 4 heteroatoms. The fraction of sp³-hybridized carbons (Fsp3) is 0. The first-order valence-corrected chi connectivity index (χ1v) is 14.8. The number of nitrogens with zero attached hydrogens (tertiary/aromatic N) is 1. The van der Waals surface area contributed by atoms with E-state index in [1.54, 1.807) is 0 Å². The van der Waals surface area contributed by atoms with Crippen molar-refractivity contribution in [2.45, 2.75) is 0 Å². The predicted octanol–water partition coefficient (Wildman–Crippen LogP) is 4.03. The summed E-state index contributed by atoms with van der Waals surface area (Å²) in [5, 5.41) is 8.02. The summed E-state index contributed by atoms with van der Waals surface area (Å²) in [5.41, 5.74) is 3.64. The average molecular weight is 706 g/mol. The molecule has 7 rings (SSSR count). The number of halogens is 1. The van der Waals surface area contributed by atoms with Gasteiger partial charge in [0.1, 0.15) is 28.5 Å². The van der Waals surface area contributed by atoms with Crippen molar-refractivity contribution >= 4 is 74.7 Å². The van der Waals surface area contributed by atoms with Gasteiger partial charge in [0.05, 0.1) is 11.0 Å². The second-order valence-electron chi connectivity index (χ2n) is 9.57. The van der Waals surface area contributed by atoms with Gasteiger partial charge >= 0.3 is 0 Å². The molecule has 0 aliphatic heterocycles. The van der Waals surface area contributed by atoms with Crippen LogP contribution in [0.4, 0.5) is 0 Å². The Kier molecular flexibility index (Phi) is 8.62. The second kappa shape index (κ2) is 12.2.